The first-order chi connectivity index (χ1) is 12.3. The zero-order valence-electron chi connectivity index (χ0n) is 13.6. The molecule has 3 rings (SSSR count). The lowest BCUT2D eigenvalue weighted by atomic mass is 10.1. The van der Waals surface area contributed by atoms with Crippen LogP contribution < -0.4 is 10.1 Å². The fraction of sp³-hybridized carbons (Fsp3) is 0.167. The van der Waals surface area contributed by atoms with E-state index in [1.54, 1.807) is 13.0 Å². The lowest BCUT2D eigenvalue weighted by Gasteiger charge is -2.10. The van der Waals surface area contributed by atoms with Gasteiger partial charge in [0.25, 0.3) is 0 Å². The number of nitrogens with one attached hydrogen (secondary N) is 2. The molecule has 0 saturated heterocycles. The van der Waals surface area contributed by atoms with Gasteiger partial charge >= 0.3 is 6.61 Å². The number of ether oxygens (including phenoxy) is 1. The van der Waals surface area contributed by atoms with Crippen LogP contribution in [0.3, 0.4) is 0 Å². The minimum Gasteiger partial charge on any atom is -0.433 e. The van der Waals surface area contributed by atoms with Crippen LogP contribution in [0.5, 0.6) is 5.75 Å². The summed E-state index contributed by atoms with van der Waals surface area (Å²) in [5.74, 6) is -0.918. The van der Waals surface area contributed by atoms with Gasteiger partial charge < -0.3 is 15.0 Å². The van der Waals surface area contributed by atoms with E-state index in [-0.39, 0.29) is 28.9 Å². The number of halogens is 4. The molecular formula is C18H14ClF3N2O2. The smallest absolute Gasteiger partial charge is 0.387 e. The van der Waals surface area contributed by atoms with Gasteiger partial charge in [-0.25, -0.2) is 4.39 Å². The van der Waals surface area contributed by atoms with Crippen molar-refractivity contribution in [1.29, 1.82) is 0 Å². The SMILES string of the molecule is Cc1[nH]c2ccc(F)cc2c1CC(=O)Nc1ccc(OC(F)F)c(Cl)c1. The largest absolute Gasteiger partial charge is 0.433 e. The molecule has 2 aromatic carbocycles. The minimum atomic E-state index is -2.99. The normalized spacial score (nSPS) is 11.2. The second kappa shape index (κ2) is 7.29. The predicted molar refractivity (Wildman–Crippen MR) is 93.4 cm³/mol. The van der Waals surface area contributed by atoms with E-state index in [0.29, 0.717) is 16.6 Å². The van der Waals surface area contributed by atoms with Crippen molar-refractivity contribution in [2.45, 2.75) is 20.0 Å². The van der Waals surface area contributed by atoms with Gasteiger partial charge in [0.1, 0.15) is 11.6 Å². The van der Waals surface area contributed by atoms with Crippen molar-refractivity contribution in [3.63, 3.8) is 0 Å². The summed E-state index contributed by atoms with van der Waals surface area (Å²) < 4.78 is 42.2. The molecule has 0 aliphatic heterocycles. The molecule has 136 valence electrons. The van der Waals surface area contributed by atoms with E-state index in [1.165, 1.54) is 30.3 Å². The first-order valence-corrected chi connectivity index (χ1v) is 8.02. The van der Waals surface area contributed by atoms with E-state index in [1.807, 2.05) is 0 Å². The molecule has 0 saturated carbocycles. The topological polar surface area (TPSA) is 54.1 Å². The molecule has 0 aliphatic carbocycles. The number of carbonyl (C=O) groups excluding carboxylic acids is 1. The van der Waals surface area contributed by atoms with E-state index in [0.717, 1.165) is 11.2 Å². The summed E-state index contributed by atoms with van der Waals surface area (Å²) in [6.07, 6.45) is 0.0161. The van der Waals surface area contributed by atoms with Crippen molar-refractivity contribution in [2.24, 2.45) is 0 Å². The molecule has 1 heterocycles. The van der Waals surface area contributed by atoms with Crippen LogP contribution in [-0.4, -0.2) is 17.5 Å². The van der Waals surface area contributed by atoms with Gasteiger partial charge in [-0.1, -0.05) is 11.6 Å². The molecular weight excluding hydrogens is 369 g/mol. The van der Waals surface area contributed by atoms with Gasteiger partial charge in [-0.2, -0.15) is 8.78 Å². The van der Waals surface area contributed by atoms with Crippen LogP contribution in [0.25, 0.3) is 10.9 Å². The number of carbonyl (C=O) groups is 1. The van der Waals surface area contributed by atoms with Crippen LogP contribution in [0.15, 0.2) is 36.4 Å². The van der Waals surface area contributed by atoms with Crippen LogP contribution in [-0.2, 0) is 11.2 Å². The van der Waals surface area contributed by atoms with E-state index in [2.05, 4.69) is 15.0 Å². The molecule has 0 bridgehead atoms. The number of rotatable bonds is 5. The van der Waals surface area contributed by atoms with Gasteiger partial charge in [0.15, 0.2) is 0 Å². The summed E-state index contributed by atoms with van der Waals surface area (Å²) in [6, 6.07) is 8.29. The molecule has 0 fully saturated rings. The Balaban J connectivity index is 1.76. The molecule has 0 radical (unpaired) electrons. The molecule has 0 aliphatic rings. The summed E-state index contributed by atoms with van der Waals surface area (Å²) in [4.78, 5) is 15.4. The third kappa shape index (κ3) is 3.94. The Morgan fingerprint density at radius 1 is 1.27 bits per heavy atom. The number of amides is 1. The Morgan fingerprint density at radius 2 is 2.04 bits per heavy atom. The van der Waals surface area contributed by atoms with Crippen LogP contribution in [0, 0.1) is 12.7 Å². The van der Waals surface area contributed by atoms with Crippen molar-refractivity contribution in [3.05, 3.63) is 58.5 Å². The monoisotopic (exact) mass is 382 g/mol. The Hall–Kier alpha value is -2.67. The fourth-order valence-electron chi connectivity index (χ4n) is 2.72. The second-order valence-electron chi connectivity index (χ2n) is 5.67. The number of aryl methyl sites for hydroxylation is 1. The van der Waals surface area contributed by atoms with E-state index >= 15 is 0 Å². The van der Waals surface area contributed by atoms with E-state index in [4.69, 9.17) is 11.6 Å². The van der Waals surface area contributed by atoms with Crippen molar-refractivity contribution < 1.29 is 22.7 Å². The summed E-state index contributed by atoms with van der Waals surface area (Å²) in [7, 11) is 0. The highest BCUT2D eigenvalue weighted by atomic mass is 35.5. The van der Waals surface area contributed by atoms with Gasteiger partial charge in [-0.15, -0.1) is 0 Å². The molecule has 1 aromatic heterocycles. The third-order valence-electron chi connectivity index (χ3n) is 3.85. The summed E-state index contributed by atoms with van der Waals surface area (Å²) in [5, 5.41) is 3.22. The predicted octanol–water partition coefficient (Wildman–Crippen LogP) is 5.05. The number of aromatic nitrogens is 1. The zero-order chi connectivity index (χ0) is 18.8. The number of hydrogen-bond acceptors (Lipinski definition) is 2. The maximum absolute atomic E-state index is 13.5. The van der Waals surface area contributed by atoms with Gasteiger partial charge in [0.2, 0.25) is 5.91 Å². The quantitative estimate of drug-likeness (QED) is 0.648. The first-order valence-electron chi connectivity index (χ1n) is 7.64. The molecule has 0 spiro atoms. The Kier molecular flexibility index (Phi) is 5.08. The number of alkyl halides is 2. The molecule has 3 aromatic rings. The summed E-state index contributed by atoms with van der Waals surface area (Å²) in [5.41, 5.74) is 2.52. The number of hydrogen-bond donors (Lipinski definition) is 2. The average Bonchev–Trinajstić information content (AvgIpc) is 2.85. The Morgan fingerprint density at radius 3 is 2.73 bits per heavy atom. The van der Waals surface area contributed by atoms with Crippen LogP contribution in [0.4, 0.5) is 18.9 Å². The highest BCUT2D eigenvalue weighted by Crippen LogP contribution is 2.29. The summed E-state index contributed by atoms with van der Waals surface area (Å²) >= 11 is 5.86. The molecule has 2 N–H and O–H groups in total. The standard InChI is InChI=1S/C18H14ClF3N2O2/c1-9-12(13-6-10(20)2-4-15(13)23-9)8-17(25)24-11-3-5-16(14(19)7-11)26-18(21)22/h2-7,18,23H,8H2,1H3,(H,24,25). The first kappa shape index (κ1) is 18.1. The van der Waals surface area contributed by atoms with Crippen LogP contribution >= 0.6 is 11.6 Å². The van der Waals surface area contributed by atoms with Gasteiger partial charge in [0.05, 0.1) is 11.4 Å². The van der Waals surface area contributed by atoms with Crippen molar-refractivity contribution >= 4 is 34.1 Å². The zero-order valence-corrected chi connectivity index (χ0v) is 14.3. The molecule has 4 nitrogen and oxygen atoms in total. The Labute approximate surface area is 151 Å². The maximum atomic E-state index is 13.5. The fourth-order valence-corrected chi connectivity index (χ4v) is 2.94. The Bertz CT molecular complexity index is 972. The van der Waals surface area contributed by atoms with Gasteiger partial charge in [0, 0.05) is 22.3 Å². The molecule has 8 heteroatoms. The molecule has 0 atom stereocenters. The number of fused-ring (bicyclic) bond motifs is 1. The summed E-state index contributed by atoms with van der Waals surface area (Å²) in [6.45, 7) is -1.19. The highest BCUT2D eigenvalue weighted by molar-refractivity contribution is 6.32. The van der Waals surface area contributed by atoms with Crippen molar-refractivity contribution in [2.75, 3.05) is 5.32 Å². The van der Waals surface area contributed by atoms with E-state index in [9.17, 15) is 18.0 Å². The van der Waals surface area contributed by atoms with Crippen molar-refractivity contribution in [1.82, 2.24) is 4.98 Å². The second-order valence-corrected chi connectivity index (χ2v) is 6.07. The average molecular weight is 383 g/mol. The number of benzene rings is 2. The van der Waals surface area contributed by atoms with Gasteiger partial charge in [-0.3, -0.25) is 4.79 Å². The number of H-pyrrole nitrogens is 1. The highest BCUT2D eigenvalue weighted by Gasteiger charge is 2.14. The third-order valence-corrected chi connectivity index (χ3v) is 4.15. The lowest BCUT2D eigenvalue weighted by molar-refractivity contribution is -0.115. The number of aromatic amines is 1. The van der Waals surface area contributed by atoms with Crippen LogP contribution in [0.2, 0.25) is 5.02 Å². The van der Waals surface area contributed by atoms with Crippen molar-refractivity contribution in [3.8, 4) is 5.75 Å². The van der Waals surface area contributed by atoms with Gasteiger partial charge in [-0.05, 0) is 48.9 Å². The minimum absolute atomic E-state index is 0.0161. The van der Waals surface area contributed by atoms with Crippen LogP contribution in [0.1, 0.15) is 11.3 Å². The maximum Gasteiger partial charge on any atom is 0.387 e. The lowest BCUT2D eigenvalue weighted by Crippen LogP contribution is -2.15. The van der Waals surface area contributed by atoms with E-state index < -0.39 is 6.61 Å². The molecule has 26 heavy (non-hydrogen) atoms. The molecule has 0 unspecified atom stereocenters. The molecule has 1 amide bonds. The number of anilines is 1.